The minimum Gasteiger partial charge on any atom is -0.477 e. The summed E-state index contributed by atoms with van der Waals surface area (Å²) in [5.41, 5.74) is 0.398. The van der Waals surface area contributed by atoms with Gasteiger partial charge < -0.3 is 25.2 Å². The molecule has 172 valence electrons. The summed E-state index contributed by atoms with van der Waals surface area (Å²) in [6.45, 7) is 10.0. The van der Waals surface area contributed by atoms with Gasteiger partial charge in [0.05, 0.1) is 25.3 Å². The van der Waals surface area contributed by atoms with Crippen molar-refractivity contribution in [3.8, 4) is 5.75 Å². The van der Waals surface area contributed by atoms with E-state index in [1.165, 1.54) is 4.90 Å². The molecule has 1 aromatic carbocycles. The highest BCUT2D eigenvalue weighted by molar-refractivity contribution is 5.89. The van der Waals surface area contributed by atoms with Crippen LogP contribution in [-0.4, -0.2) is 67.0 Å². The molecule has 8 heteroatoms. The van der Waals surface area contributed by atoms with Gasteiger partial charge in [-0.3, -0.25) is 14.4 Å². The zero-order chi connectivity index (χ0) is 23.2. The molecule has 0 fully saturated rings. The number of para-hydroxylation sites is 2. The number of carbonyl (C=O) groups excluding carboxylic acids is 3. The van der Waals surface area contributed by atoms with Gasteiger partial charge in [-0.05, 0) is 45.7 Å². The van der Waals surface area contributed by atoms with Crippen LogP contribution in [0.3, 0.4) is 0 Å². The molecule has 1 atom stereocenters. The Bertz CT molecular complexity index is 786. The molecule has 0 bridgehead atoms. The van der Waals surface area contributed by atoms with Crippen molar-refractivity contribution in [2.45, 2.75) is 65.1 Å². The van der Waals surface area contributed by atoms with Crippen molar-refractivity contribution in [3.63, 3.8) is 0 Å². The Hall–Kier alpha value is -2.77. The Balaban J connectivity index is 2.08. The summed E-state index contributed by atoms with van der Waals surface area (Å²) in [6.07, 6.45) is 0.974. The minimum absolute atomic E-state index is 0.0271. The molecule has 0 saturated heterocycles. The maximum Gasteiger partial charge on any atom is 0.263 e. The van der Waals surface area contributed by atoms with Crippen LogP contribution in [0, 0.1) is 0 Å². The molecule has 8 nitrogen and oxygen atoms in total. The SMILES string of the molecule is CCC(CC)NC(=O)C1CN(CC(=O)N(C)CC(=O)NC(C)(C)C)c2ccccc2O1. The van der Waals surface area contributed by atoms with Crippen LogP contribution in [0.15, 0.2) is 24.3 Å². The second kappa shape index (κ2) is 10.5. The van der Waals surface area contributed by atoms with Gasteiger partial charge in [0, 0.05) is 18.6 Å². The smallest absolute Gasteiger partial charge is 0.263 e. The van der Waals surface area contributed by atoms with E-state index in [-0.39, 0.29) is 48.9 Å². The molecule has 1 aliphatic rings. The lowest BCUT2D eigenvalue weighted by atomic mass is 10.1. The van der Waals surface area contributed by atoms with Gasteiger partial charge in [0.15, 0.2) is 6.10 Å². The van der Waals surface area contributed by atoms with Crippen molar-refractivity contribution in [1.29, 1.82) is 0 Å². The number of hydrogen-bond donors (Lipinski definition) is 2. The van der Waals surface area contributed by atoms with E-state index in [1.807, 2.05) is 57.7 Å². The fourth-order valence-electron chi connectivity index (χ4n) is 3.43. The first-order valence-corrected chi connectivity index (χ1v) is 10.9. The number of hydrogen-bond acceptors (Lipinski definition) is 5. The topological polar surface area (TPSA) is 91.0 Å². The second-order valence-corrected chi connectivity index (χ2v) is 9.02. The second-order valence-electron chi connectivity index (χ2n) is 9.02. The maximum atomic E-state index is 12.8. The van der Waals surface area contributed by atoms with Crippen LogP contribution in [0.2, 0.25) is 0 Å². The van der Waals surface area contributed by atoms with Crippen molar-refractivity contribution in [2.24, 2.45) is 0 Å². The van der Waals surface area contributed by atoms with E-state index >= 15 is 0 Å². The largest absolute Gasteiger partial charge is 0.477 e. The number of benzene rings is 1. The summed E-state index contributed by atoms with van der Waals surface area (Å²) in [4.78, 5) is 41.0. The number of nitrogens with zero attached hydrogens (tertiary/aromatic N) is 2. The van der Waals surface area contributed by atoms with Crippen LogP contribution in [0.5, 0.6) is 5.75 Å². The van der Waals surface area contributed by atoms with E-state index in [0.717, 1.165) is 18.5 Å². The Morgan fingerprint density at radius 3 is 2.45 bits per heavy atom. The number of likely N-dealkylation sites (N-methyl/N-ethyl adjacent to an activating group) is 1. The third-order valence-corrected chi connectivity index (χ3v) is 5.13. The lowest BCUT2D eigenvalue weighted by molar-refractivity contribution is -0.134. The molecule has 1 aliphatic heterocycles. The van der Waals surface area contributed by atoms with E-state index in [9.17, 15) is 14.4 Å². The van der Waals surface area contributed by atoms with E-state index in [2.05, 4.69) is 10.6 Å². The predicted octanol–water partition coefficient (Wildman–Crippen LogP) is 1.93. The Morgan fingerprint density at radius 1 is 1.19 bits per heavy atom. The highest BCUT2D eigenvalue weighted by Gasteiger charge is 2.32. The fourth-order valence-corrected chi connectivity index (χ4v) is 3.43. The summed E-state index contributed by atoms with van der Waals surface area (Å²) in [7, 11) is 1.61. The van der Waals surface area contributed by atoms with E-state index < -0.39 is 6.10 Å². The number of anilines is 1. The molecule has 1 unspecified atom stereocenters. The van der Waals surface area contributed by atoms with Gasteiger partial charge in [0.25, 0.3) is 5.91 Å². The first-order chi connectivity index (χ1) is 14.5. The van der Waals surface area contributed by atoms with Crippen LogP contribution in [0.4, 0.5) is 5.69 Å². The van der Waals surface area contributed by atoms with Crippen molar-refractivity contribution < 1.29 is 19.1 Å². The van der Waals surface area contributed by atoms with Crippen LogP contribution < -0.4 is 20.3 Å². The van der Waals surface area contributed by atoms with E-state index in [1.54, 1.807) is 13.1 Å². The normalized spacial score (nSPS) is 15.7. The summed E-state index contributed by atoms with van der Waals surface area (Å²) >= 11 is 0. The molecule has 2 N–H and O–H groups in total. The van der Waals surface area contributed by atoms with Crippen molar-refractivity contribution in [1.82, 2.24) is 15.5 Å². The first kappa shape index (κ1) is 24.5. The van der Waals surface area contributed by atoms with Gasteiger partial charge in [-0.25, -0.2) is 0 Å². The zero-order valence-electron chi connectivity index (χ0n) is 19.5. The quantitative estimate of drug-likeness (QED) is 0.655. The van der Waals surface area contributed by atoms with Gasteiger partial charge in [0.2, 0.25) is 11.8 Å². The van der Waals surface area contributed by atoms with E-state index in [0.29, 0.717) is 5.75 Å². The minimum atomic E-state index is -0.710. The highest BCUT2D eigenvalue weighted by atomic mass is 16.5. The molecule has 31 heavy (non-hydrogen) atoms. The van der Waals surface area contributed by atoms with Crippen LogP contribution in [-0.2, 0) is 14.4 Å². The third-order valence-electron chi connectivity index (χ3n) is 5.13. The van der Waals surface area contributed by atoms with Gasteiger partial charge in [-0.1, -0.05) is 26.0 Å². The molecule has 1 aromatic rings. The molecule has 2 rings (SSSR count). The van der Waals surface area contributed by atoms with Crippen molar-refractivity contribution in [3.05, 3.63) is 24.3 Å². The first-order valence-electron chi connectivity index (χ1n) is 10.9. The van der Waals surface area contributed by atoms with Crippen LogP contribution >= 0.6 is 0 Å². The fraction of sp³-hybridized carbons (Fsp3) is 0.609. The number of rotatable bonds is 8. The van der Waals surface area contributed by atoms with Gasteiger partial charge in [-0.2, -0.15) is 0 Å². The lowest BCUT2D eigenvalue weighted by Gasteiger charge is -2.36. The summed E-state index contributed by atoms with van der Waals surface area (Å²) in [5, 5.41) is 5.88. The average molecular weight is 433 g/mol. The molecular formula is C23H36N4O4. The number of amides is 3. The molecular weight excluding hydrogens is 396 g/mol. The number of fused-ring (bicyclic) bond motifs is 1. The monoisotopic (exact) mass is 432 g/mol. The van der Waals surface area contributed by atoms with Crippen LogP contribution in [0.1, 0.15) is 47.5 Å². The Morgan fingerprint density at radius 2 is 1.84 bits per heavy atom. The molecule has 0 saturated carbocycles. The van der Waals surface area contributed by atoms with Crippen LogP contribution in [0.25, 0.3) is 0 Å². The Labute approximate surface area is 185 Å². The summed E-state index contributed by atoms with van der Waals surface area (Å²) in [6, 6.07) is 7.46. The molecule has 1 heterocycles. The average Bonchev–Trinajstić information content (AvgIpc) is 2.70. The third kappa shape index (κ3) is 7.15. The van der Waals surface area contributed by atoms with Gasteiger partial charge in [0.1, 0.15) is 5.75 Å². The summed E-state index contributed by atoms with van der Waals surface area (Å²) < 4.78 is 5.93. The summed E-state index contributed by atoms with van der Waals surface area (Å²) in [5.74, 6) is -0.0361. The van der Waals surface area contributed by atoms with Crippen molar-refractivity contribution in [2.75, 3.05) is 31.6 Å². The molecule has 0 aromatic heterocycles. The van der Waals surface area contributed by atoms with Gasteiger partial charge in [-0.15, -0.1) is 0 Å². The number of nitrogens with one attached hydrogen (secondary N) is 2. The Kier molecular flexibility index (Phi) is 8.30. The maximum absolute atomic E-state index is 12.8. The number of carbonyl (C=O) groups is 3. The molecule has 0 spiro atoms. The van der Waals surface area contributed by atoms with E-state index in [4.69, 9.17) is 4.74 Å². The molecule has 0 radical (unpaired) electrons. The zero-order valence-corrected chi connectivity index (χ0v) is 19.5. The standard InChI is InChI=1S/C23H36N4O4/c1-7-16(8-2)24-22(30)19-13-27(17-11-9-10-12-18(17)31-19)15-21(29)26(6)14-20(28)25-23(3,4)5/h9-12,16,19H,7-8,13-15H2,1-6H3,(H,24,30)(H,25,28). The predicted molar refractivity (Wildman–Crippen MR) is 121 cm³/mol. The van der Waals surface area contributed by atoms with Crippen molar-refractivity contribution >= 4 is 23.4 Å². The van der Waals surface area contributed by atoms with Gasteiger partial charge >= 0.3 is 0 Å². The lowest BCUT2D eigenvalue weighted by Crippen LogP contribution is -2.53. The molecule has 3 amide bonds. The molecule has 0 aliphatic carbocycles. The number of ether oxygens (including phenoxy) is 1. The highest BCUT2D eigenvalue weighted by Crippen LogP contribution is 2.33.